The Bertz CT molecular complexity index is 209. The first-order valence-corrected chi connectivity index (χ1v) is 3.89. The van der Waals surface area contributed by atoms with Gasteiger partial charge < -0.3 is 20.8 Å². The fourth-order valence-corrected chi connectivity index (χ4v) is 0.714. The number of nitrogens with one attached hydrogen (secondary N) is 1. The minimum Gasteiger partial charge on any atom is -0.755 e. The van der Waals surface area contributed by atoms with Crippen molar-refractivity contribution in [3.63, 3.8) is 0 Å². The van der Waals surface area contributed by atoms with E-state index in [1.54, 1.807) is 0 Å². The second-order valence-corrected chi connectivity index (χ2v) is 2.72. The largest absolute Gasteiger partial charge is 1.00 e. The molecule has 13 heavy (non-hydrogen) atoms. The number of phosphoric acid groups is 1. The third-order valence-corrected chi connectivity index (χ3v) is 1.24. The standard InChI is InChI=1S/C2H7N2O7P.K/c3-1(5)4-11-12(8,9)10-2(6)7;/h2,6-7H,(H,8,9)(H3,3,4,5);/q;+1/p-1. The number of carbonyl (C=O) groups is 1. The summed E-state index contributed by atoms with van der Waals surface area (Å²) < 4.78 is 17.3. The second-order valence-electron chi connectivity index (χ2n) is 1.44. The third kappa shape index (κ3) is 10.9. The molecule has 11 heteroatoms. The van der Waals surface area contributed by atoms with Crippen LogP contribution in [0.5, 0.6) is 0 Å². The van der Waals surface area contributed by atoms with Crippen LogP contribution in [-0.2, 0) is 13.7 Å². The van der Waals surface area contributed by atoms with Crippen molar-refractivity contribution in [2.24, 2.45) is 5.73 Å². The van der Waals surface area contributed by atoms with E-state index in [2.05, 4.69) is 14.9 Å². The second kappa shape index (κ2) is 7.26. The van der Waals surface area contributed by atoms with Gasteiger partial charge in [-0.25, -0.2) is 10.3 Å². The number of aliphatic hydroxyl groups is 2. The molecule has 0 aromatic rings. The number of aliphatic hydroxyl groups excluding tert-OH is 1. The Balaban J connectivity index is 0. The molecule has 2 amide bonds. The van der Waals surface area contributed by atoms with Crippen LogP contribution in [0.15, 0.2) is 0 Å². The summed E-state index contributed by atoms with van der Waals surface area (Å²) in [5.41, 5.74) is 5.62. The molecule has 1 atom stereocenters. The van der Waals surface area contributed by atoms with Gasteiger partial charge in [0.15, 0.2) is 0 Å². The van der Waals surface area contributed by atoms with E-state index in [1.807, 2.05) is 0 Å². The van der Waals surface area contributed by atoms with E-state index in [0.29, 0.717) is 0 Å². The minimum atomic E-state index is -4.96. The molecule has 0 aromatic carbocycles. The average molecular weight is 240 g/mol. The van der Waals surface area contributed by atoms with Crippen LogP contribution in [0.4, 0.5) is 4.79 Å². The molecule has 5 N–H and O–H groups in total. The summed E-state index contributed by atoms with van der Waals surface area (Å²) in [5.74, 6) is 0. The Labute approximate surface area is 115 Å². The van der Waals surface area contributed by atoms with Gasteiger partial charge in [-0.15, -0.1) is 0 Å². The molecule has 0 radical (unpaired) electrons. The van der Waals surface area contributed by atoms with Gasteiger partial charge in [-0.05, 0) is 0 Å². The van der Waals surface area contributed by atoms with Gasteiger partial charge in [0.05, 0.1) is 0 Å². The molecule has 0 saturated heterocycles. The number of primary amides is 1. The summed E-state index contributed by atoms with van der Waals surface area (Å²) in [6, 6.07) is -1.28. The summed E-state index contributed by atoms with van der Waals surface area (Å²) in [6.45, 7) is -2.55. The zero-order valence-corrected chi connectivity index (χ0v) is 10.6. The van der Waals surface area contributed by atoms with Crippen LogP contribution in [0.2, 0.25) is 0 Å². The van der Waals surface area contributed by atoms with Crippen molar-refractivity contribution in [2.45, 2.75) is 6.48 Å². The van der Waals surface area contributed by atoms with Gasteiger partial charge in [0.1, 0.15) is 0 Å². The number of amides is 2. The average Bonchev–Trinajstić information content (AvgIpc) is 1.81. The predicted octanol–water partition coefficient (Wildman–Crippen LogP) is -5.66. The van der Waals surface area contributed by atoms with E-state index >= 15 is 0 Å². The molecular formula is C2H6KN2O7P. The molecule has 0 rings (SSSR count). The number of carbonyl (C=O) groups excluding carboxylic acids is 1. The SMILES string of the molecule is NC(=O)NOP(=O)([O-])OC(O)O.[K+]. The monoisotopic (exact) mass is 240 g/mol. The molecule has 1 unspecified atom stereocenters. The van der Waals surface area contributed by atoms with Crippen LogP contribution in [0.1, 0.15) is 0 Å². The third-order valence-electron chi connectivity index (χ3n) is 0.481. The maximum atomic E-state index is 10.3. The number of urea groups is 1. The quantitative estimate of drug-likeness (QED) is 0.165. The van der Waals surface area contributed by atoms with Crippen LogP contribution < -0.4 is 67.5 Å². The molecule has 0 heterocycles. The zero-order chi connectivity index (χ0) is 9.78. The minimum absolute atomic E-state index is 0. The number of hydrogen-bond donors (Lipinski definition) is 4. The fourth-order valence-electron chi connectivity index (χ4n) is 0.238. The maximum absolute atomic E-state index is 10.3. The molecule has 0 aromatic heterocycles. The first-order valence-electron chi connectivity index (χ1n) is 2.43. The zero-order valence-electron chi connectivity index (χ0n) is 6.54. The molecule has 72 valence electrons. The van der Waals surface area contributed by atoms with E-state index in [0.717, 1.165) is 0 Å². The molecule has 0 fully saturated rings. The molecule has 0 aliphatic rings. The van der Waals surface area contributed by atoms with E-state index < -0.39 is 20.3 Å². The first kappa shape index (κ1) is 16.4. The number of nitrogens with two attached hydrogens (primary N) is 1. The van der Waals surface area contributed by atoms with Crippen molar-refractivity contribution in [3.05, 3.63) is 0 Å². The van der Waals surface area contributed by atoms with Gasteiger partial charge in [0.25, 0.3) is 14.3 Å². The van der Waals surface area contributed by atoms with Crippen molar-refractivity contribution in [1.82, 2.24) is 5.48 Å². The van der Waals surface area contributed by atoms with Crippen LogP contribution >= 0.6 is 7.82 Å². The summed E-state index contributed by atoms with van der Waals surface area (Å²) in [4.78, 5) is 20.2. The molecule has 0 spiro atoms. The summed E-state index contributed by atoms with van der Waals surface area (Å²) in [5, 5.41) is 16.0. The number of rotatable bonds is 4. The summed E-state index contributed by atoms with van der Waals surface area (Å²) >= 11 is 0. The molecule has 0 saturated carbocycles. The van der Waals surface area contributed by atoms with Crippen molar-refractivity contribution in [2.75, 3.05) is 0 Å². The molecule has 0 aliphatic heterocycles. The van der Waals surface area contributed by atoms with E-state index in [1.165, 1.54) is 5.48 Å². The summed E-state index contributed by atoms with van der Waals surface area (Å²) in [6.07, 6.45) is 0. The molecular weight excluding hydrogens is 234 g/mol. The smallest absolute Gasteiger partial charge is 0.755 e. The van der Waals surface area contributed by atoms with Crippen molar-refractivity contribution in [3.8, 4) is 0 Å². The van der Waals surface area contributed by atoms with E-state index in [4.69, 9.17) is 10.2 Å². The van der Waals surface area contributed by atoms with Crippen molar-refractivity contribution in [1.29, 1.82) is 0 Å². The maximum Gasteiger partial charge on any atom is 1.00 e. The number of hydroxylamine groups is 1. The topological polar surface area (TPSA) is 154 Å². The van der Waals surface area contributed by atoms with Crippen LogP contribution in [0.3, 0.4) is 0 Å². The number of phosphoric ester groups is 1. The number of hydrogen-bond acceptors (Lipinski definition) is 7. The van der Waals surface area contributed by atoms with Gasteiger partial charge in [0, 0.05) is 0 Å². The van der Waals surface area contributed by atoms with Crippen molar-refractivity contribution < 1.29 is 85.0 Å². The van der Waals surface area contributed by atoms with Crippen LogP contribution in [-0.4, -0.2) is 22.7 Å². The predicted molar refractivity (Wildman–Crippen MR) is 30.7 cm³/mol. The molecule has 0 bridgehead atoms. The Kier molecular flexibility index (Phi) is 9.14. The Morgan fingerprint density at radius 3 is 2.38 bits per heavy atom. The first-order chi connectivity index (χ1) is 5.33. The van der Waals surface area contributed by atoms with Crippen molar-refractivity contribution >= 4 is 13.9 Å². The fraction of sp³-hybridized carbons (Fsp3) is 0.500. The Hall–Kier alpha value is 0.936. The van der Waals surface area contributed by atoms with Gasteiger partial charge in [-0.1, -0.05) is 0 Å². The van der Waals surface area contributed by atoms with Gasteiger partial charge in [-0.3, -0.25) is 9.09 Å². The Morgan fingerprint density at radius 1 is 1.62 bits per heavy atom. The van der Waals surface area contributed by atoms with E-state index in [-0.39, 0.29) is 51.4 Å². The van der Waals surface area contributed by atoms with E-state index in [9.17, 15) is 14.3 Å². The van der Waals surface area contributed by atoms with Gasteiger partial charge >= 0.3 is 57.4 Å². The normalized spacial score (nSPS) is 14.5. The van der Waals surface area contributed by atoms with Gasteiger partial charge in [-0.2, -0.15) is 4.62 Å². The van der Waals surface area contributed by atoms with Gasteiger partial charge in [0.2, 0.25) is 0 Å². The summed E-state index contributed by atoms with van der Waals surface area (Å²) in [7, 11) is -4.96. The van der Waals surface area contributed by atoms with Crippen LogP contribution in [0.25, 0.3) is 0 Å². The molecule has 9 nitrogen and oxygen atoms in total. The Morgan fingerprint density at radius 2 is 2.08 bits per heavy atom. The van der Waals surface area contributed by atoms with Crippen LogP contribution in [0, 0.1) is 0 Å². The molecule has 0 aliphatic carbocycles.